The second-order valence-electron chi connectivity index (χ2n) is 5.92. The number of nitrogens with zero attached hydrogens (tertiary/aromatic N) is 1. The van der Waals surface area contributed by atoms with Crippen LogP contribution >= 0.6 is 0 Å². The number of benzene rings is 2. The van der Waals surface area contributed by atoms with Crippen molar-refractivity contribution in [1.82, 2.24) is 5.32 Å². The number of amides is 2. The third kappa shape index (κ3) is 5.17. The van der Waals surface area contributed by atoms with Gasteiger partial charge in [-0.15, -0.1) is 0 Å². The molecule has 26 heavy (non-hydrogen) atoms. The lowest BCUT2D eigenvalue weighted by molar-refractivity contribution is -0.152. The highest BCUT2D eigenvalue weighted by Gasteiger charge is 2.22. The molecule has 0 aliphatic rings. The maximum absolute atomic E-state index is 12.3. The standard InChI is InChI=1S/C20H22N2O4/c1-14-8-7-9-16(12-14)19(24)21-13-18(23)26-15(2)20(25)22(3)17-10-5-4-6-11-17/h4-12,15H,13H2,1-3H3,(H,21,24)/t15-/m1/s1. The van der Waals surface area contributed by atoms with Crippen LogP contribution in [0.2, 0.25) is 0 Å². The molecular weight excluding hydrogens is 332 g/mol. The molecule has 0 saturated heterocycles. The van der Waals surface area contributed by atoms with E-state index in [4.69, 9.17) is 4.74 Å². The minimum absolute atomic E-state index is 0.306. The summed E-state index contributed by atoms with van der Waals surface area (Å²) < 4.78 is 5.12. The zero-order valence-corrected chi connectivity index (χ0v) is 15.1. The van der Waals surface area contributed by atoms with Gasteiger partial charge in [-0.05, 0) is 38.1 Å². The summed E-state index contributed by atoms with van der Waals surface area (Å²) >= 11 is 0. The zero-order chi connectivity index (χ0) is 19.1. The van der Waals surface area contributed by atoms with E-state index in [1.165, 1.54) is 11.8 Å². The molecule has 1 atom stereocenters. The van der Waals surface area contributed by atoms with Crippen LogP contribution in [0.25, 0.3) is 0 Å². The lowest BCUT2D eigenvalue weighted by Gasteiger charge is -2.21. The van der Waals surface area contributed by atoms with Crippen LogP contribution in [0.5, 0.6) is 0 Å². The number of esters is 1. The summed E-state index contributed by atoms with van der Waals surface area (Å²) in [7, 11) is 1.61. The Morgan fingerprint density at radius 2 is 1.77 bits per heavy atom. The Hall–Kier alpha value is -3.15. The Morgan fingerprint density at radius 1 is 1.08 bits per heavy atom. The van der Waals surface area contributed by atoms with Crippen LogP contribution < -0.4 is 10.2 Å². The fourth-order valence-corrected chi connectivity index (χ4v) is 2.38. The number of likely N-dealkylation sites (N-methyl/N-ethyl adjacent to an activating group) is 1. The van der Waals surface area contributed by atoms with E-state index in [1.54, 1.807) is 37.4 Å². The van der Waals surface area contributed by atoms with E-state index in [-0.39, 0.29) is 18.4 Å². The Morgan fingerprint density at radius 3 is 2.42 bits per heavy atom. The summed E-state index contributed by atoms with van der Waals surface area (Å²) in [5.41, 5.74) is 2.11. The molecule has 0 fully saturated rings. The smallest absolute Gasteiger partial charge is 0.326 e. The van der Waals surface area contributed by atoms with Crippen LogP contribution in [0.3, 0.4) is 0 Å². The number of carbonyl (C=O) groups excluding carboxylic acids is 3. The molecule has 6 heteroatoms. The van der Waals surface area contributed by atoms with Gasteiger partial charge in [-0.25, -0.2) is 0 Å². The molecule has 2 rings (SSSR count). The summed E-state index contributed by atoms with van der Waals surface area (Å²) in [4.78, 5) is 37.7. The van der Waals surface area contributed by atoms with Crippen molar-refractivity contribution in [3.63, 3.8) is 0 Å². The van der Waals surface area contributed by atoms with Gasteiger partial charge in [0.25, 0.3) is 11.8 Å². The average molecular weight is 354 g/mol. The third-order valence-corrected chi connectivity index (χ3v) is 3.80. The molecule has 136 valence electrons. The number of nitrogens with one attached hydrogen (secondary N) is 1. The molecular formula is C20H22N2O4. The van der Waals surface area contributed by atoms with Crippen molar-refractivity contribution in [2.24, 2.45) is 0 Å². The van der Waals surface area contributed by atoms with E-state index < -0.39 is 12.1 Å². The molecule has 1 N–H and O–H groups in total. The van der Waals surface area contributed by atoms with Gasteiger partial charge in [0, 0.05) is 18.3 Å². The van der Waals surface area contributed by atoms with Crippen molar-refractivity contribution in [2.75, 3.05) is 18.5 Å². The van der Waals surface area contributed by atoms with Gasteiger partial charge in [0.2, 0.25) is 0 Å². The van der Waals surface area contributed by atoms with E-state index in [9.17, 15) is 14.4 Å². The van der Waals surface area contributed by atoms with Crippen LogP contribution in [0.15, 0.2) is 54.6 Å². The molecule has 0 aromatic heterocycles. The zero-order valence-electron chi connectivity index (χ0n) is 15.1. The normalized spacial score (nSPS) is 11.3. The second-order valence-corrected chi connectivity index (χ2v) is 5.92. The first kappa shape index (κ1) is 19.2. The topological polar surface area (TPSA) is 75.7 Å². The number of rotatable bonds is 6. The Balaban J connectivity index is 1.85. The molecule has 0 unspecified atom stereocenters. The summed E-state index contributed by atoms with van der Waals surface area (Å²) in [6.07, 6.45) is -0.955. The van der Waals surface area contributed by atoms with Crippen molar-refractivity contribution < 1.29 is 19.1 Å². The van der Waals surface area contributed by atoms with Crippen LogP contribution in [0, 0.1) is 6.92 Å². The number of para-hydroxylation sites is 1. The molecule has 0 aliphatic carbocycles. The molecule has 0 bridgehead atoms. The molecule has 0 radical (unpaired) electrons. The van der Waals surface area contributed by atoms with E-state index in [1.807, 2.05) is 31.2 Å². The summed E-state index contributed by atoms with van der Waals surface area (Å²) in [5.74, 6) is -1.39. The first-order chi connectivity index (χ1) is 12.4. The fourth-order valence-electron chi connectivity index (χ4n) is 2.38. The number of carbonyl (C=O) groups is 3. The van der Waals surface area contributed by atoms with Crippen LogP contribution in [0.4, 0.5) is 5.69 Å². The molecule has 2 amide bonds. The molecule has 6 nitrogen and oxygen atoms in total. The average Bonchev–Trinajstić information content (AvgIpc) is 2.65. The highest BCUT2D eigenvalue weighted by molar-refractivity contribution is 5.98. The van der Waals surface area contributed by atoms with Gasteiger partial charge in [0.05, 0.1) is 0 Å². The van der Waals surface area contributed by atoms with Crippen molar-refractivity contribution in [3.05, 3.63) is 65.7 Å². The lowest BCUT2D eigenvalue weighted by atomic mass is 10.1. The van der Waals surface area contributed by atoms with Gasteiger partial charge in [-0.3, -0.25) is 14.4 Å². The van der Waals surface area contributed by atoms with Gasteiger partial charge in [-0.1, -0.05) is 35.9 Å². The first-order valence-electron chi connectivity index (χ1n) is 8.25. The number of hydrogen-bond acceptors (Lipinski definition) is 4. The number of anilines is 1. The van der Waals surface area contributed by atoms with E-state index in [0.29, 0.717) is 11.3 Å². The Kier molecular flexibility index (Phi) is 6.49. The van der Waals surface area contributed by atoms with E-state index in [2.05, 4.69) is 5.32 Å². The molecule has 2 aromatic carbocycles. The van der Waals surface area contributed by atoms with Crippen molar-refractivity contribution in [2.45, 2.75) is 20.0 Å². The van der Waals surface area contributed by atoms with Crippen LogP contribution in [0.1, 0.15) is 22.8 Å². The highest BCUT2D eigenvalue weighted by atomic mass is 16.5. The van der Waals surface area contributed by atoms with Gasteiger partial charge in [0.15, 0.2) is 6.10 Å². The lowest BCUT2D eigenvalue weighted by Crippen LogP contribution is -2.39. The van der Waals surface area contributed by atoms with Crippen molar-refractivity contribution in [3.8, 4) is 0 Å². The molecule has 0 spiro atoms. The summed E-state index contributed by atoms with van der Waals surface area (Å²) in [6, 6.07) is 16.1. The predicted molar refractivity (Wildman–Crippen MR) is 98.9 cm³/mol. The molecule has 0 aliphatic heterocycles. The number of aryl methyl sites for hydroxylation is 1. The van der Waals surface area contributed by atoms with Gasteiger partial charge in [0.1, 0.15) is 6.54 Å². The maximum atomic E-state index is 12.3. The van der Waals surface area contributed by atoms with E-state index in [0.717, 1.165) is 5.56 Å². The quantitative estimate of drug-likeness (QED) is 0.808. The Labute approximate surface area is 152 Å². The van der Waals surface area contributed by atoms with Crippen molar-refractivity contribution in [1.29, 1.82) is 0 Å². The monoisotopic (exact) mass is 354 g/mol. The van der Waals surface area contributed by atoms with E-state index >= 15 is 0 Å². The molecule has 2 aromatic rings. The maximum Gasteiger partial charge on any atom is 0.326 e. The molecule has 0 saturated carbocycles. The van der Waals surface area contributed by atoms with Gasteiger partial charge < -0.3 is 15.0 Å². The number of hydrogen-bond donors (Lipinski definition) is 1. The van der Waals surface area contributed by atoms with Gasteiger partial charge >= 0.3 is 5.97 Å². The highest BCUT2D eigenvalue weighted by Crippen LogP contribution is 2.13. The summed E-state index contributed by atoms with van der Waals surface area (Å²) in [5, 5.41) is 2.49. The minimum Gasteiger partial charge on any atom is -0.451 e. The minimum atomic E-state index is -0.955. The first-order valence-corrected chi connectivity index (χ1v) is 8.25. The van der Waals surface area contributed by atoms with Gasteiger partial charge in [-0.2, -0.15) is 0 Å². The number of ether oxygens (including phenoxy) is 1. The predicted octanol–water partition coefficient (Wildman–Crippen LogP) is 2.32. The van der Waals surface area contributed by atoms with Crippen molar-refractivity contribution >= 4 is 23.5 Å². The van der Waals surface area contributed by atoms with Crippen LogP contribution in [-0.2, 0) is 14.3 Å². The second kappa shape index (κ2) is 8.80. The SMILES string of the molecule is Cc1cccc(C(=O)NCC(=O)O[C@H](C)C(=O)N(C)c2ccccc2)c1. The summed E-state index contributed by atoms with van der Waals surface area (Å²) in [6.45, 7) is 3.07. The van der Waals surface area contributed by atoms with Crippen LogP contribution in [-0.4, -0.2) is 37.5 Å². The third-order valence-electron chi connectivity index (χ3n) is 3.80. The fraction of sp³-hybridized carbons (Fsp3) is 0.250. The molecule has 0 heterocycles. The largest absolute Gasteiger partial charge is 0.451 e. The Bertz CT molecular complexity index is 789.